The van der Waals surface area contributed by atoms with Gasteiger partial charge in [0.1, 0.15) is 6.33 Å². The zero-order chi connectivity index (χ0) is 15.4. The summed E-state index contributed by atoms with van der Waals surface area (Å²) >= 11 is 0. The van der Waals surface area contributed by atoms with E-state index in [1.165, 1.54) is 11.9 Å². The fourth-order valence-corrected chi connectivity index (χ4v) is 2.24. The lowest BCUT2D eigenvalue weighted by atomic mass is 10.2. The summed E-state index contributed by atoms with van der Waals surface area (Å²) in [5.41, 5.74) is 2.62. The molecule has 0 aliphatic carbocycles. The third-order valence-corrected chi connectivity index (χ3v) is 3.35. The van der Waals surface area contributed by atoms with E-state index in [4.69, 9.17) is 5.11 Å². The Morgan fingerprint density at radius 3 is 2.73 bits per heavy atom. The lowest BCUT2D eigenvalue weighted by Crippen LogP contribution is -2.09. The summed E-state index contributed by atoms with van der Waals surface area (Å²) in [6.07, 6.45) is 1.52. The van der Waals surface area contributed by atoms with Gasteiger partial charge in [-0.15, -0.1) is 0 Å². The summed E-state index contributed by atoms with van der Waals surface area (Å²) in [6, 6.07) is 10.1. The molecule has 7 heteroatoms. The third-order valence-electron chi connectivity index (χ3n) is 3.35. The van der Waals surface area contributed by atoms with Crippen LogP contribution in [0.25, 0.3) is 11.2 Å². The Morgan fingerprint density at radius 2 is 1.95 bits per heavy atom. The number of aliphatic hydroxyl groups is 1. The number of anilines is 2. The molecule has 0 aliphatic rings. The average molecular weight is 298 g/mol. The minimum atomic E-state index is 0.0496. The van der Waals surface area contributed by atoms with Crippen LogP contribution in [0, 0.1) is 0 Å². The summed E-state index contributed by atoms with van der Waals surface area (Å²) in [5.74, 6) is 1.36. The van der Waals surface area contributed by atoms with Gasteiger partial charge in [0.05, 0.1) is 6.61 Å². The highest BCUT2D eigenvalue weighted by molar-refractivity contribution is 5.85. The second-order valence-electron chi connectivity index (χ2n) is 4.88. The van der Waals surface area contributed by atoms with Crippen LogP contribution in [0.2, 0.25) is 0 Å². The lowest BCUT2D eigenvalue weighted by Gasteiger charge is -2.05. The SMILES string of the molecule is Cn1c(NCCO)nc2c(NCc3ccccc3)ncnc21. The Bertz CT molecular complexity index is 755. The van der Waals surface area contributed by atoms with E-state index < -0.39 is 0 Å². The molecule has 22 heavy (non-hydrogen) atoms. The van der Waals surface area contributed by atoms with Crippen molar-refractivity contribution in [3.63, 3.8) is 0 Å². The molecule has 3 N–H and O–H groups in total. The highest BCUT2D eigenvalue weighted by Crippen LogP contribution is 2.21. The molecular formula is C15H18N6O. The Balaban J connectivity index is 1.86. The van der Waals surface area contributed by atoms with Crippen molar-refractivity contribution in [1.82, 2.24) is 19.5 Å². The second kappa shape index (κ2) is 6.40. The number of aliphatic hydroxyl groups excluding tert-OH is 1. The number of hydrogen-bond acceptors (Lipinski definition) is 6. The van der Waals surface area contributed by atoms with Crippen molar-refractivity contribution in [3.05, 3.63) is 42.2 Å². The lowest BCUT2D eigenvalue weighted by molar-refractivity contribution is 0.310. The van der Waals surface area contributed by atoms with Gasteiger partial charge >= 0.3 is 0 Å². The number of aromatic nitrogens is 4. The van der Waals surface area contributed by atoms with Gasteiger partial charge in [0, 0.05) is 20.1 Å². The summed E-state index contributed by atoms with van der Waals surface area (Å²) in [4.78, 5) is 13.1. The van der Waals surface area contributed by atoms with Gasteiger partial charge in [0.2, 0.25) is 5.95 Å². The smallest absolute Gasteiger partial charge is 0.205 e. The highest BCUT2D eigenvalue weighted by Gasteiger charge is 2.13. The molecule has 0 saturated carbocycles. The number of rotatable bonds is 6. The molecule has 0 spiro atoms. The van der Waals surface area contributed by atoms with Crippen LogP contribution in [0.5, 0.6) is 0 Å². The number of aryl methyl sites for hydroxylation is 1. The standard InChI is InChI=1S/C15H18N6O/c1-21-14-12(20-15(21)16-7-8-22)13(18-10-19-14)17-9-11-5-3-2-4-6-11/h2-6,10,22H,7-9H2,1H3,(H,16,20)(H,17,18,19). The molecule has 0 fully saturated rings. The molecule has 0 aliphatic heterocycles. The topological polar surface area (TPSA) is 87.9 Å². The van der Waals surface area contributed by atoms with Gasteiger partial charge in [-0.25, -0.2) is 15.0 Å². The van der Waals surface area contributed by atoms with E-state index in [0.29, 0.717) is 30.4 Å². The molecule has 3 aromatic rings. The van der Waals surface area contributed by atoms with Gasteiger partial charge in [0.25, 0.3) is 0 Å². The first-order valence-electron chi connectivity index (χ1n) is 7.09. The van der Waals surface area contributed by atoms with Gasteiger partial charge in [-0.2, -0.15) is 0 Å². The zero-order valence-electron chi connectivity index (χ0n) is 12.3. The van der Waals surface area contributed by atoms with Crippen molar-refractivity contribution < 1.29 is 5.11 Å². The Kier molecular flexibility index (Phi) is 4.15. The normalized spacial score (nSPS) is 10.8. The third kappa shape index (κ3) is 2.84. The van der Waals surface area contributed by atoms with Crippen LogP contribution in [-0.4, -0.2) is 37.8 Å². The van der Waals surface area contributed by atoms with Gasteiger partial charge in [0.15, 0.2) is 17.0 Å². The second-order valence-corrected chi connectivity index (χ2v) is 4.88. The van der Waals surface area contributed by atoms with Gasteiger partial charge in [-0.3, -0.25) is 4.57 Å². The largest absolute Gasteiger partial charge is 0.395 e. The fourth-order valence-electron chi connectivity index (χ4n) is 2.24. The highest BCUT2D eigenvalue weighted by atomic mass is 16.3. The predicted octanol–water partition coefficient (Wildman–Crippen LogP) is 1.38. The maximum atomic E-state index is 8.92. The first-order chi connectivity index (χ1) is 10.8. The predicted molar refractivity (Wildman–Crippen MR) is 85.6 cm³/mol. The van der Waals surface area contributed by atoms with Crippen LogP contribution < -0.4 is 10.6 Å². The molecule has 0 saturated heterocycles. The average Bonchev–Trinajstić information content (AvgIpc) is 2.89. The van der Waals surface area contributed by atoms with Crippen molar-refractivity contribution >= 4 is 22.9 Å². The number of imidazole rings is 1. The van der Waals surface area contributed by atoms with E-state index in [2.05, 4.69) is 37.7 Å². The van der Waals surface area contributed by atoms with Crippen LogP contribution in [0.4, 0.5) is 11.8 Å². The van der Waals surface area contributed by atoms with E-state index in [-0.39, 0.29) is 6.61 Å². The maximum Gasteiger partial charge on any atom is 0.205 e. The van der Waals surface area contributed by atoms with E-state index in [0.717, 1.165) is 5.65 Å². The molecule has 7 nitrogen and oxygen atoms in total. The van der Waals surface area contributed by atoms with Crippen LogP contribution in [-0.2, 0) is 13.6 Å². The Hall–Kier alpha value is -2.67. The number of nitrogens with zero attached hydrogens (tertiary/aromatic N) is 4. The van der Waals surface area contributed by atoms with E-state index in [1.54, 1.807) is 0 Å². The van der Waals surface area contributed by atoms with Gasteiger partial charge in [-0.05, 0) is 5.56 Å². The molecule has 114 valence electrons. The summed E-state index contributed by atoms with van der Waals surface area (Å²) in [6.45, 7) is 1.16. The number of benzene rings is 1. The first kappa shape index (κ1) is 14.3. The molecule has 0 atom stereocenters. The minimum Gasteiger partial charge on any atom is -0.395 e. The monoisotopic (exact) mass is 298 g/mol. The van der Waals surface area contributed by atoms with Crippen LogP contribution in [0.15, 0.2) is 36.7 Å². The molecule has 0 amide bonds. The van der Waals surface area contributed by atoms with Crippen molar-refractivity contribution in [2.75, 3.05) is 23.8 Å². The fraction of sp³-hybridized carbons (Fsp3) is 0.267. The maximum absolute atomic E-state index is 8.92. The summed E-state index contributed by atoms with van der Waals surface area (Å²) in [5, 5.41) is 15.3. The molecule has 0 radical (unpaired) electrons. The molecule has 0 bridgehead atoms. The number of fused-ring (bicyclic) bond motifs is 1. The molecule has 1 aromatic carbocycles. The number of hydrogen-bond donors (Lipinski definition) is 3. The van der Waals surface area contributed by atoms with Gasteiger partial charge in [-0.1, -0.05) is 30.3 Å². The Labute approximate surface area is 128 Å². The minimum absolute atomic E-state index is 0.0496. The number of nitrogens with one attached hydrogen (secondary N) is 2. The van der Waals surface area contributed by atoms with Crippen LogP contribution in [0.1, 0.15) is 5.56 Å². The van der Waals surface area contributed by atoms with Crippen LogP contribution in [0.3, 0.4) is 0 Å². The van der Waals surface area contributed by atoms with Crippen molar-refractivity contribution in [3.8, 4) is 0 Å². The van der Waals surface area contributed by atoms with Crippen molar-refractivity contribution in [2.24, 2.45) is 7.05 Å². The van der Waals surface area contributed by atoms with Crippen molar-refractivity contribution in [1.29, 1.82) is 0 Å². The molecule has 3 rings (SSSR count). The van der Waals surface area contributed by atoms with E-state index in [9.17, 15) is 0 Å². The van der Waals surface area contributed by atoms with E-state index in [1.807, 2.05) is 29.8 Å². The van der Waals surface area contributed by atoms with Gasteiger partial charge < -0.3 is 15.7 Å². The molecular weight excluding hydrogens is 280 g/mol. The zero-order valence-corrected chi connectivity index (χ0v) is 12.3. The molecule has 2 heterocycles. The van der Waals surface area contributed by atoms with E-state index >= 15 is 0 Å². The Morgan fingerprint density at radius 1 is 1.14 bits per heavy atom. The van der Waals surface area contributed by atoms with Crippen LogP contribution >= 0.6 is 0 Å². The molecule has 0 unspecified atom stereocenters. The molecule has 2 aromatic heterocycles. The summed E-state index contributed by atoms with van der Waals surface area (Å²) < 4.78 is 1.85. The summed E-state index contributed by atoms with van der Waals surface area (Å²) in [7, 11) is 1.88. The quantitative estimate of drug-likeness (QED) is 0.637. The first-order valence-corrected chi connectivity index (χ1v) is 7.09. The van der Waals surface area contributed by atoms with Crippen molar-refractivity contribution in [2.45, 2.75) is 6.54 Å².